The van der Waals surface area contributed by atoms with Crippen molar-refractivity contribution in [3.63, 3.8) is 0 Å². The number of amides is 1. The summed E-state index contributed by atoms with van der Waals surface area (Å²) in [7, 11) is -1.36. The molecule has 0 saturated carbocycles. The van der Waals surface area contributed by atoms with Crippen molar-refractivity contribution in [3.8, 4) is 0 Å². The minimum Gasteiger partial charge on any atom is -0.375 e. The van der Waals surface area contributed by atoms with Crippen LogP contribution in [0.1, 0.15) is 10.5 Å². The zero-order chi connectivity index (χ0) is 18.5. The van der Waals surface area contributed by atoms with Crippen molar-refractivity contribution < 1.29 is 17.9 Å². The Bertz CT molecular complexity index is 952. The fourth-order valence-corrected chi connectivity index (χ4v) is 4.86. The Morgan fingerprint density at radius 2 is 1.96 bits per heavy atom. The van der Waals surface area contributed by atoms with E-state index >= 15 is 0 Å². The van der Waals surface area contributed by atoms with Crippen molar-refractivity contribution in [1.29, 1.82) is 0 Å². The molecule has 1 amide bonds. The molecule has 0 bridgehead atoms. The van der Waals surface area contributed by atoms with E-state index in [1.807, 2.05) is 41.9 Å². The Hall–Kier alpha value is -1.90. The van der Waals surface area contributed by atoms with Crippen molar-refractivity contribution in [2.24, 2.45) is 13.0 Å². The molecule has 1 aromatic carbocycles. The van der Waals surface area contributed by atoms with Crippen LogP contribution in [0, 0.1) is 5.92 Å². The molecule has 0 unspecified atom stereocenters. The van der Waals surface area contributed by atoms with Crippen LogP contribution in [0.25, 0.3) is 10.9 Å². The first kappa shape index (κ1) is 17.5. The lowest BCUT2D eigenvalue weighted by atomic mass is 10.1. The van der Waals surface area contributed by atoms with Crippen molar-refractivity contribution in [1.82, 2.24) is 13.8 Å². The second kappa shape index (κ2) is 6.37. The summed E-state index contributed by atoms with van der Waals surface area (Å²) in [6.07, 6.45) is 1.11. The quantitative estimate of drug-likeness (QED) is 0.780. The summed E-state index contributed by atoms with van der Waals surface area (Å²) in [5.41, 5.74) is 1.66. The number of hydrogen-bond acceptors (Lipinski definition) is 4. The van der Waals surface area contributed by atoms with E-state index in [1.165, 1.54) is 10.6 Å². The molecule has 140 valence electrons. The largest absolute Gasteiger partial charge is 0.375 e. The van der Waals surface area contributed by atoms with Gasteiger partial charge in [-0.1, -0.05) is 18.2 Å². The number of fused-ring (bicyclic) bond motifs is 2. The van der Waals surface area contributed by atoms with Crippen molar-refractivity contribution in [2.75, 3.05) is 39.0 Å². The molecule has 0 radical (unpaired) electrons. The number of hydrogen-bond donors (Lipinski definition) is 0. The van der Waals surface area contributed by atoms with E-state index in [1.54, 1.807) is 4.90 Å². The lowest BCUT2D eigenvalue weighted by Crippen LogP contribution is -2.37. The second-order valence-corrected chi connectivity index (χ2v) is 9.13. The fraction of sp³-hybridized carbons (Fsp3) is 0.500. The number of carbonyl (C=O) groups is 1. The third kappa shape index (κ3) is 3.02. The third-order valence-electron chi connectivity index (χ3n) is 5.42. The highest BCUT2D eigenvalue weighted by atomic mass is 32.2. The fourth-order valence-electron chi connectivity index (χ4n) is 3.99. The van der Waals surface area contributed by atoms with Gasteiger partial charge in [-0.05, 0) is 12.1 Å². The smallest absolute Gasteiger partial charge is 0.270 e. The lowest BCUT2D eigenvalue weighted by Gasteiger charge is -2.21. The minimum atomic E-state index is -3.26. The predicted octanol–water partition coefficient (Wildman–Crippen LogP) is 0.911. The molecular weight excluding hydrogens is 354 g/mol. The standard InChI is InChI=1S/C18H23N3O4S/c1-19-15-6-4-3-5-13(15)9-16(19)18(22)20-10-14-11-21(26(2,23)24)7-8-25-17(14)12-20/h3-6,9,14,17H,7-8,10-12H2,1-2H3/t14-,17-/m1/s1. The number of aryl methyl sites for hydroxylation is 1. The molecule has 2 aliphatic heterocycles. The molecule has 4 rings (SSSR count). The molecule has 1 aromatic heterocycles. The monoisotopic (exact) mass is 377 g/mol. The van der Waals surface area contributed by atoms with Gasteiger partial charge in [0.2, 0.25) is 10.0 Å². The maximum atomic E-state index is 13.1. The molecule has 2 fully saturated rings. The molecular formula is C18H23N3O4S. The van der Waals surface area contributed by atoms with Gasteiger partial charge in [-0.3, -0.25) is 4.79 Å². The maximum Gasteiger partial charge on any atom is 0.270 e. The predicted molar refractivity (Wildman–Crippen MR) is 98.5 cm³/mol. The van der Waals surface area contributed by atoms with Gasteiger partial charge in [0.05, 0.1) is 19.0 Å². The van der Waals surface area contributed by atoms with Crippen LogP contribution in [0.3, 0.4) is 0 Å². The first-order valence-corrected chi connectivity index (χ1v) is 10.6. The summed E-state index contributed by atoms with van der Waals surface area (Å²) in [6, 6.07) is 9.81. The molecule has 2 atom stereocenters. The van der Waals surface area contributed by atoms with Crippen LogP contribution in [0.2, 0.25) is 0 Å². The van der Waals surface area contributed by atoms with Gasteiger partial charge in [0.15, 0.2) is 0 Å². The number of nitrogens with zero attached hydrogens (tertiary/aromatic N) is 3. The molecule has 7 nitrogen and oxygen atoms in total. The van der Waals surface area contributed by atoms with E-state index in [2.05, 4.69) is 0 Å². The Kier molecular flexibility index (Phi) is 4.29. The van der Waals surface area contributed by atoms with Crippen molar-refractivity contribution in [3.05, 3.63) is 36.0 Å². The van der Waals surface area contributed by atoms with Gasteiger partial charge in [0.25, 0.3) is 5.91 Å². The van der Waals surface area contributed by atoms with Crippen molar-refractivity contribution >= 4 is 26.8 Å². The first-order chi connectivity index (χ1) is 12.3. The summed E-state index contributed by atoms with van der Waals surface area (Å²) < 4.78 is 33.0. The number of aromatic nitrogens is 1. The zero-order valence-electron chi connectivity index (χ0n) is 15.0. The van der Waals surface area contributed by atoms with Crippen LogP contribution >= 0.6 is 0 Å². The van der Waals surface area contributed by atoms with Gasteiger partial charge in [0, 0.05) is 50.0 Å². The molecule has 0 spiro atoms. The zero-order valence-corrected chi connectivity index (χ0v) is 15.8. The van der Waals surface area contributed by atoms with Crippen LogP contribution in [-0.2, 0) is 21.8 Å². The number of sulfonamides is 1. The molecule has 26 heavy (non-hydrogen) atoms. The highest BCUT2D eigenvalue weighted by Gasteiger charge is 2.40. The molecule has 2 aliphatic rings. The molecule has 8 heteroatoms. The SMILES string of the molecule is Cn1c(C(=O)N2C[C@@H]3CN(S(C)(=O)=O)CCO[C@@H]3C2)cc2ccccc21. The van der Waals surface area contributed by atoms with Crippen molar-refractivity contribution in [2.45, 2.75) is 6.10 Å². The van der Waals surface area contributed by atoms with Gasteiger partial charge >= 0.3 is 0 Å². The summed E-state index contributed by atoms with van der Waals surface area (Å²) in [6.45, 7) is 2.16. The van der Waals surface area contributed by atoms with Crippen LogP contribution < -0.4 is 0 Å². The molecule has 3 heterocycles. The second-order valence-electron chi connectivity index (χ2n) is 7.15. The number of rotatable bonds is 2. The van der Waals surface area contributed by atoms with Gasteiger partial charge in [-0.15, -0.1) is 0 Å². The average molecular weight is 377 g/mol. The van der Waals surface area contributed by atoms with Gasteiger partial charge < -0.3 is 14.2 Å². The molecule has 0 aliphatic carbocycles. The van der Waals surface area contributed by atoms with E-state index in [-0.39, 0.29) is 17.9 Å². The van der Waals surface area contributed by atoms with Crippen LogP contribution in [0.15, 0.2) is 30.3 Å². The third-order valence-corrected chi connectivity index (χ3v) is 6.69. The number of ether oxygens (including phenoxy) is 1. The summed E-state index contributed by atoms with van der Waals surface area (Å²) in [4.78, 5) is 14.8. The van der Waals surface area contributed by atoms with E-state index in [0.717, 1.165) is 10.9 Å². The van der Waals surface area contributed by atoms with E-state index in [9.17, 15) is 13.2 Å². The van der Waals surface area contributed by atoms with Crippen LogP contribution in [0.5, 0.6) is 0 Å². The van der Waals surface area contributed by atoms with E-state index in [4.69, 9.17) is 4.74 Å². The highest BCUT2D eigenvalue weighted by Crippen LogP contribution is 2.27. The summed E-state index contributed by atoms with van der Waals surface area (Å²) in [5, 5.41) is 1.03. The van der Waals surface area contributed by atoms with E-state index in [0.29, 0.717) is 38.5 Å². The topological polar surface area (TPSA) is 71.9 Å². The summed E-state index contributed by atoms with van der Waals surface area (Å²) >= 11 is 0. The summed E-state index contributed by atoms with van der Waals surface area (Å²) in [5.74, 6) is -0.0304. The molecule has 2 aromatic rings. The Morgan fingerprint density at radius 3 is 2.69 bits per heavy atom. The minimum absolute atomic E-state index is 0.00543. The first-order valence-electron chi connectivity index (χ1n) is 8.75. The Morgan fingerprint density at radius 1 is 1.19 bits per heavy atom. The molecule has 2 saturated heterocycles. The van der Waals surface area contributed by atoms with E-state index < -0.39 is 10.0 Å². The maximum absolute atomic E-state index is 13.1. The Labute approximate surface area is 153 Å². The molecule has 0 N–H and O–H groups in total. The number of para-hydroxylation sites is 1. The van der Waals surface area contributed by atoms with Gasteiger partial charge in [-0.25, -0.2) is 8.42 Å². The van der Waals surface area contributed by atoms with Crippen LogP contribution in [0.4, 0.5) is 0 Å². The average Bonchev–Trinajstić information content (AvgIpc) is 3.08. The lowest BCUT2D eigenvalue weighted by molar-refractivity contribution is 0.0490. The Balaban J connectivity index is 1.56. The number of carbonyl (C=O) groups excluding carboxylic acids is 1. The normalized spacial score (nSPS) is 24.6. The number of benzene rings is 1. The number of likely N-dealkylation sites (tertiary alicyclic amines) is 1. The van der Waals surface area contributed by atoms with Gasteiger partial charge in [-0.2, -0.15) is 4.31 Å². The highest BCUT2D eigenvalue weighted by molar-refractivity contribution is 7.88. The van der Waals surface area contributed by atoms with Gasteiger partial charge in [0.1, 0.15) is 5.69 Å². The van der Waals surface area contributed by atoms with Crippen LogP contribution in [-0.4, -0.2) is 73.2 Å².